The highest BCUT2D eigenvalue weighted by Crippen LogP contribution is 2.23. The first kappa shape index (κ1) is 20.5. The Hall–Kier alpha value is -3.36. The maximum atomic E-state index is 4.69. The molecule has 1 fully saturated rings. The number of hydrogen-bond acceptors (Lipinski definition) is 7. The van der Waals surface area contributed by atoms with Gasteiger partial charge in [-0.2, -0.15) is 4.98 Å². The first-order chi connectivity index (χ1) is 15.7. The molecule has 0 aliphatic carbocycles. The molecule has 164 valence electrons. The van der Waals surface area contributed by atoms with Crippen LogP contribution in [-0.4, -0.2) is 74.1 Å². The van der Waals surface area contributed by atoms with Crippen LogP contribution < -0.4 is 5.32 Å². The van der Waals surface area contributed by atoms with E-state index in [2.05, 4.69) is 61.4 Å². The molecule has 4 aromatic rings. The summed E-state index contributed by atoms with van der Waals surface area (Å²) in [5.74, 6) is 1.41. The molecular formula is C24H28N8. The second kappa shape index (κ2) is 9.02. The van der Waals surface area contributed by atoms with Crippen LogP contribution in [0.15, 0.2) is 55.0 Å². The van der Waals surface area contributed by atoms with Crippen LogP contribution in [0.3, 0.4) is 0 Å². The fourth-order valence-electron chi connectivity index (χ4n) is 4.04. The Balaban J connectivity index is 1.25. The molecule has 0 bridgehead atoms. The molecule has 5 rings (SSSR count). The van der Waals surface area contributed by atoms with Crippen molar-refractivity contribution in [1.29, 1.82) is 0 Å². The minimum absolute atomic E-state index is 0.562. The number of rotatable bonds is 6. The van der Waals surface area contributed by atoms with E-state index in [0.29, 0.717) is 5.95 Å². The third kappa shape index (κ3) is 4.46. The first-order valence-corrected chi connectivity index (χ1v) is 11.0. The Bertz CT molecular complexity index is 1180. The Morgan fingerprint density at radius 2 is 1.66 bits per heavy atom. The Kier molecular flexibility index (Phi) is 5.79. The Morgan fingerprint density at radius 1 is 0.906 bits per heavy atom. The van der Waals surface area contributed by atoms with Gasteiger partial charge in [-0.25, -0.2) is 9.97 Å². The smallest absolute Gasteiger partial charge is 0.229 e. The number of fused-ring (bicyclic) bond motifs is 1. The summed E-state index contributed by atoms with van der Waals surface area (Å²) in [4.78, 5) is 22.8. The molecule has 1 N–H and O–H groups in total. The maximum Gasteiger partial charge on any atom is 0.229 e. The van der Waals surface area contributed by atoms with Crippen molar-refractivity contribution in [2.24, 2.45) is 7.05 Å². The van der Waals surface area contributed by atoms with Crippen molar-refractivity contribution in [3.05, 3.63) is 60.6 Å². The summed E-state index contributed by atoms with van der Waals surface area (Å²) in [6.07, 6.45) is 6.36. The van der Waals surface area contributed by atoms with Crippen molar-refractivity contribution >= 4 is 22.8 Å². The van der Waals surface area contributed by atoms with Crippen LogP contribution >= 0.6 is 0 Å². The van der Waals surface area contributed by atoms with Gasteiger partial charge in [-0.3, -0.25) is 4.98 Å². The van der Waals surface area contributed by atoms with Gasteiger partial charge in [-0.1, -0.05) is 12.1 Å². The molecule has 1 aromatic carbocycles. The van der Waals surface area contributed by atoms with Crippen molar-refractivity contribution in [1.82, 2.24) is 34.3 Å². The molecule has 3 aromatic heterocycles. The molecule has 0 saturated carbocycles. The number of pyridine rings is 1. The predicted molar refractivity (Wildman–Crippen MR) is 127 cm³/mol. The number of imidazole rings is 1. The van der Waals surface area contributed by atoms with Gasteiger partial charge in [0, 0.05) is 63.4 Å². The number of nitrogens with one attached hydrogen (secondary N) is 1. The number of hydrogen-bond donors (Lipinski definition) is 1. The molecule has 4 heterocycles. The van der Waals surface area contributed by atoms with Gasteiger partial charge in [0.2, 0.25) is 5.95 Å². The highest BCUT2D eigenvalue weighted by atomic mass is 15.2. The zero-order chi connectivity index (χ0) is 21.9. The summed E-state index contributed by atoms with van der Waals surface area (Å²) in [6, 6.07) is 12.4. The number of benzene rings is 1. The molecule has 32 heavy (non-hydrogen) atoms. The van der Waals surface area contributed by atoms with E-state index in [-0.39, 0.29) is 0 Å². The molecular weight excluding hydrogens is 400 g/mol. The standard InChI is InChI=1S/C24H28N8/c1-30-13-15-32(16-14-30)12-9-18-3-5-20(6-4-18)27-24-26-17-21-23(29-24)31(2)22(28-21)19-7-10-25-11-8-19/h3-8,10-11,17H,9,12-16H2,1-2H3,(H,26,27,29). The zero-order valence-electron chi connectivity index (χ0n) is 18.6. The second-order valence-electron chi connectivity index (χ2n) is 8.35. The lowest BCUT2D eigenvalue weighted by atomic mass is 10.1. The van der Waals surface area contributed by atoms with Crippen molar-refractivity contribution < 1.29 is 0 Å². The lowest BCUT2D eigenvalue weighted by Gasteiger charge is -2.32. The molecule has 0 spiro atoms. The highest BCUT2D eigenvalue weighted by Gasteiger charge is 2.14. The van der Waals surface area contributed by atoms with Gasteiger partial charge in [0.05, 0.1) is 6.20 Å². The fraction of sp³-hybridized carbons (Fsp3) is 0.333. The summed E-state index contributed by atoms with van der Waals surface area (Å²) in [6.45, 7) is 5.75. The van der Waals surface area contributed by atoms with Gasteiger partial charge in [0.25, 0.3) is 0 Å². The zero-order valence-corrected chi connectivity index (χ0v) is 18.6. The number of nitrogens with zero attached hydrogens (tertiary/aromatic N) is 7. The minimum atomic E-state index is 0.562. The van der Waals surface area contributed by atoms with Crippen LogP contribution in [0.2, 0.25) is 0 Å². The molecule has 0 unspecified atom stereocenters. The fourth-order valence-corrected chi connectivity index (χ4v) is 4.04. The Labute approximate surface area is 188 Å². The minimum Gasteiger partial charge on any atom is -0.324 e. The number of anilines is 2. The second-order valence-corrected chi connectivity index (χ2v) is 8.35. The lowest BCUT2D eigenvalue weighted by molar-refractivity contribution is 0.155. The number of aryl methyl sites for hydroxylation is 1. The van der Waals surface area contributed by atoms with E-state index < -0.39 is 0 Å². The summed E-state index contributed by atoms with van der Waals surface area (Å²) in [5, 5.41) is 3.32. The largest absolute Gasteiger partial charge is 0.324 e. The quantitative estimate of drug-likeness (QED) is 0.506. The highest BCUT2D eigenvalue weighted by molar-refractivity contribution is 5.77. The lowest BCUT2D eigenvalue weighted by Crippen LogP contribution is -2.45. The van der Waals surface area contributed by atoms with E-state index in [1.54, 1.807) is 18.6 Å². The van der Waals surface area contributed by atoms with Gasteiger partial charge in [-0.05, 0) is 43.3 Å². The van der Waals surface area contributed by atoms with Crippen molar-refractivity contribution in [3.8, 4) is 11.4 Å². The monoisotopic (exact) mass is 428 g/mol. The van der Waals surface area contributed by atoms with Gasteiger partial charge < -0.3 is 19.7 Å². The van der Waals surface area contributed by atoms with E-state index in [9.17, 15) is 0 Å². The van der Waals surface area contributed by atoms with Crippen LogP contribution in [0.1, 0.15) is 5.56 Å². The molecule has 0 amide bonds. The van der Waals surface area contributed by atoms with Crippen LogP contribution in [0, 0.1) is 0 Å². The normalized spacial score (nSPS) is 15.3. The van der Waals surface area contributed by atoms with E-state index in [1.165, 1.54) is 5.56 Å². The molecule has 0 radical (unpaired) electrons. The van der Waals surface area contributed by atoms with Crippen LogP contribution in [0.5, 0.6) is 0 Å². The van der Waals surface area contributed by atoms with E-state index in [4.69, 9.17) is 4.98 Å². The van der Waals surface area contributed by atoms with Crippen LogP contribution in [0.25, 0.3) is 22.6 Å². The number of aromatic nitrogens is 5. The van der Waals surface area contributed by atoms with E-state index in [0.717, 1.165) is 67.4 Å². The van der Waals surface area contributed by atoms with Gasteiger partial charge >= 0.3 is 0 Å². The summed E-state index contributed by atoms with van der Waals surface area (Å²) in [7, 11) is 4.16. The Morgan fingerprint density at radius 3 is 2.41 bits per heavy atom. The number of piperazine rings is 1. The van der Waals surface area contributed by atoms with Crippen molar-refractivity contribution in [3.63, 3.8) is 0 Å². The summed E-state index contributed by atoms with van der Waals surface area (Å²) >= 11 is 0. The van der Waals surface area contributed by atoms with E-state index >= 15 is 0 Å². The molecule has 1 aliphatic rings. The third-order valence-electron chi connectivity index (χ3n) is 6.07. The third-order valence-corrected chi connectivity index (χ3v) is 6.07. The molecule has 0 atom stereocenters. The summed E-state index contributed by atoms with van der Waals surface area (Å²) in [5.41, 5.74) is 4.88. The van der Waals surface area contributed by atoms with Crippen molar-refractivity contribution in [2.75, 3.05) is 45.1 Å². The molecule has 8 heteroatoms. The van der Waals surface area contributed by atoms with Crippen LogP contribution in [0.4, 0.5) is 11.6 Å². The van der Waals surface area contributed by atoms with Gasteiger partial charge in [0.15, 0.2) is 5.65 Å². The molecule has 1 saturated heterocycles. The van der Waals surface area contributed by atoms with Crippen molar-refractivity contribution in [2.45, 2.75) is 6.42 Å². The molecule has 8 nitrogen and oxygen atoms in total. The molecule has 1 aliphatic heterocycles. The van der Waals surface area contributed by atoms with Gasteiger partial charge in [-0.15, -0.1) is 0 Å². The summed E-state index contributed by atoms with van der Waals surface area (Å²) < 4.78 is 1.99. The predicted octanol–water partition coefficient (Wildman–Crippen LogP) is 2.96. The average molecular weight is 429 g/mol. The number of likely N-dealkylation sites (N-methyl/N-ethyl adjacent to an activating group) is 1. The van der Waals surface area contributed by atoms with Crippen LogP contribution in [-0.2, 0) is 13.5 Å². The topological polar surface area (TPSA) is 75.0 Å². The first-order valence-electron chi connectivity index (χ1n) is 11.0. The average Bonchev–Trinajstić information content (AvgIpc) is 3.16. The van der Waals surface area contributed by atoms with Gasteiger partial charge in [0.1, 0.15) is 11.3 Å². The maximum absolute atomic E-state index is 4.69. The SMILES string of the molecule is CN1CCN(CCc2ccc(Nc3ncc4nc(-c5ccncc5)n(C)c4n3)cc2)CC1. The van der Waals surface area contributed by atoms with E-state index in [1.807, 2.05) is 23.7 Å².